The summed E-state index contributed by atoms with van der Waals surface area (Å²) in [5.74, 6) is 0. The van der Waals surface area contributed by atoms with Crippen LogP contribution in [-0.4, -0.2) is 16.5 Å². The van der Waals surface area contributed by atoms with Crippen LogP contribution in [0.3, 0.4) is 0 Å². The van der Waals surface area contributed by atoms with Gasteiger partial charge in [0.1, 0.15) is 5.65 Å². The zero-order valence-electron chi connectivity index (χ0n) is 8.12. The van der Waals surface area contributed by atoms with E-state index in [9.17, 15) is 0 Å². The highest BCUT2D eigenvalue weighted by atomic mass is 35.5. The summed E-state index contributed by atoms with van der Waals surface area (Å²) < 4.78 is 7.07. The van der Waals surface area contributed by atoms with E-state index in [4.69, 9.17) is 16.3 Å². The minimum absolute atomic E-state index is 0.549. The van der Waals surface area contributed by atoms with Gasteiger partial charge in [-0.25, -0.2) is 4.98 Å². The van der Waals surface area contributed by atoms with Crippen molar-refractivity contribution in [1.82, 2.24) is 9.38 Å². The van der Waals surface area contributed by atoms with Gasteiger partial charge in [0.05, 0.1) is 23.0 Å². The van der Waals surface area contributed by atoms with Gasteiger partial charge in [-0.3, -0.25) is 4.40 Å². The highest BCUT2D eigenvalue weighted by molar-refractivity contribution is 6.30. The van der Waals surface area contributed by atoms with E-state index in [0.29, 0.717) is 11.6 Å². The number of hydrogen-bond acceptors (Lipinski definition) is 2. The Balaban J connectivity index is 2.66. The molecular weight excluding hydrogens is 200 g/mol. The molecule has 0 saturated carbocycles. The highest BCUT2D eigenvalue weighted by Gasteiger charge is 2.07. The van der Waals surface area contributed by atoms with Crippen molar-refractivity contribution in [2.45, 2.75) is 13.5 Å². The van der Waals surface area contributed by atoms with Gasteiger partial charge in [0.15, 0.2) is 0 Å². The summed E-state index contributed by atoms with van der Waals surface area (Å²) in [6.45, 7) is 2.52. The third kappa shape index (κ3) is 1.49. The summed E-state index contributed by atoms with van der Waals surface area (Å²) in [5.41, 5.74) is 2.93. The van der Waals surface area contributed by atoms with Gasteiger partial charge < -0.3 is 4.74 Å². The number of imidazole rings is 1. The molecular formula is C10H11ClN2O. The van der Waals surface area contributed by atoms with E-state index in [0.717, 1.165) is 17.0 Å². The molecule has 0 fully saturated rings. The monoisotopic (exact) mass is 210 g/mol. The van der Waals surface area contributed by atoms with Gasteiger partial charge in [-0.15, -0.1) is 0 Å². The van der Waals surface area contributed by atoms with Gasteiger partial charge in [-0.2, -0.15) is 0 Å². The maximum absolute atomic E-state index is 5.91. The second-order valence-corrected chi connectivity index (χ2v) is 3.59. The smallest absolute Gasteiger partial charge is 0.137 e. The van der Waals surface area contributed by atoms with Gasteiger partial charge in [-0.05, 0) is 19.1 Å². The van der Waals surface area contributed by atoms with E-state index >= 15 is 0 Å². The van der Waals surface area contributed by atoms with Gasteiger partial charge in [-0.1, -0.05) is 11.6 Å². The molecule has 2 aromatic heterocycles. The molecule has 0 aromatic carbocycles. The Bertz CT molecular complexity index is 464. The number of pyridine rings is 1. The van der Waals surface area contributed by atoms with Crippen molar-refractivity contribution in [1.29, 1.82) is 0 Å². The molecule has 4 heteroatoms. The summed E-state index contributed by atoms with van der Waals surface area (Å²) in [7, 11) is 1.67. The summed E-state index contributed by atoms with van der Waals surface area (Å²) in [5, 5.41) is 0.701. The van der Waals surface area contributed by atoms with Crippen LogP contribution in [0, 0.1) is 6.92 Å². The van der Waals surface area contributed by atoms with Crippen LogP contribution in [0.4, 0.5) is 0 Å². The SMILES string of the molecule is COCc1c(C)nc2ccc(Cl)cn12. The van der Waals surface area contributed by atoms with Crippen LogP contribution in [0.15, 0.2) is 18.3 Å². The molecule has 0 unspecified atom stereocenters. The van der Waals surface area contributed by atoms with Crippen molar-refractivity contribution >= 4 is 17.2 Å². The number of halogens is 1. The molecule has 14 heavy (non-hydrogen) atoms. The Labute approximate surface area is 87.3 Å². The number of fused-ring (bicyclic) bond motifs is 1. The van der Waals surface area contributed by atoms with Crippen LogP contribution < -0.4 is 0 Å². The second-order valence-electron chi connectivity index (χ2n) is 3.15. The van der Waals surface area contributed by atoms with Crippen molar-refractivity contribution in [3.05, 3.63) is 34.7 Å². The number of ether oxygens (including phenoxy) is 1. The predicted molar refractivity (Wildman–Crippen MR) is 55.7 cm³/mol. The highest BCUT2D eigenvalue weighted by Crippen LogP contribution is 2.16. The number of methoxy groups -OCH3 is 1. The van der Waals surface area contributed by atoms with Crippen LogP contribution in [0.25, 0.3) is 5.65 Å². The third-order valence-electron chi connectivity index (χ3n) is 2.16. The average Bonchev–Trinajstić information content (AvgIpc) is 2.45. The quantitative estimate of drug-likeness (QED) is 0.761. The molecule has 2 aromatic rings. The Morgan fingerprint density at radius 3 is 3.00 bits per heavy atom. The van der Waals surface area contributed by atoms with Gasteiger partial charge in [0, 0.05) is 13.3 Å². The molecule has 0 aliphatic rings. The lowest BCUT2D eigenvalue weighted by molar-refractivity contribution is 0.180. The minimum Gasteiger partial charge on any atom is -0.378 e. The van der Waals surface area contributed by atoms with Crippen molar-refractivity contribution in [2.75, 3.05) is 7.11 Å². The van der Waals surface area contributed by atoms with Crippen molar-refractivity contribution < 1.29 is 4.74 Å². The molecule has 3 nitrogen and oxygen atoms in total. The number of aryl methyl sites for hydroxylation is 1. The number of nitrogens with zero attached hydrogens (tertiary/aromatic N) is 2. The number of hydrogen-bond donors (Lipinski definition) is 0. The van der Waals surface area contributed by atoms with Crippen LogP contribution in [0.5, 0.6) is 0 Å². The van der Waals surface area contributed by atoms with Crippen LogP contribution >= 0.6 is 11.6 Å². The maximum atomic E-state index is 5.91. The molecule has 2 heterocycles. The van der Waals surface area contributed by atoms with Crippen LogP contribution in [-0.2, 0) is 11.3 Å². The van der Waals surface area contributed by atoms with Crippen LogP contribution in [0.1, 0.15) is 11.4 Å². The fourth-order valence-electron chi connectivity index (χ4n) is 1.50. The molecule has 0 radical (unpaired) electrons. The van der Waals surface area contributed by atoms with Gasteiger partial charge in [0.2, 0.25) is 0 Å². The van der Waals surface area contributed by atoms with Crippen molar-refractivity contribution in [3.63, 3.8) is 0 Å². The zero-order chi connectivity index (χ0) is 10.1. The summed E-state index contributed by atoms with van der Waals surface area (Å²) in [6, 6.07) is 3.73. The second kappa shape index (κ2) is 3.59. The van der Waals surface area contributed by atoms with E-state index in [1.165, 1.54) is 0 Å². The Kier molecular flexibility index (Phi) is 2.44. The first-order valence-corrected chi connectivity index (χ1v) is 4.72. The Morgan fingerprint density at radius 2 is 2.29 bits per heavy atom. The number of aromatic nitrogens is 2. The van der Waals surface area contributed by atoms with E-state index in [1.54, 1.807) is 7.11 Å². The zero-order valence-corrected chi connectivity index (χ0v) is 8.88. The molecule has 74 valence electrons. The number of rotatable bonds is 2. The minimum atomic E-state index is 0.549. The lowest BCUT2D eigenvalue weighted by Gasteiger charge is -2.01. The maximum Gasteiger partial charge on any atom is 0.137 e. The summed E-state index contributed by atoms with van der Waals surface area (Å²) >= 11 is 5.91. The third-order valence-corrected chi connectivity index (χ3v) is 2.39. The molecule has 0 bridgehead atoms. The first kappa shape index (κ1) is 9.49. The van der Waals surface area contributed by atoms with E-state index in [-0.39, 0.29) is 0 Å². The fraction of sp³-hybridized carbons (Fsp3) is 0.300. The van der Waals surface area contributed by atoms with Gasteiger partial charge >= 0.3 is 0 Å². The Morgan fingerprint density at radius 1 is 1.50 bits per heavy atom. The largest absolute Gasteiger partial charge is 0.378 e. The topological polar surface area (TPSA) is 26.5 Å². The summed E-state index contributed by atoms with van der Waals surface area (Å²) in [6.07, 6.45) is 1.85. The van der Waals surface area contributed by atoms with Crippen LogP contribution in [0.2, 0.25) is 5.02 Å². The molecule has 0 atom stereocenters. The van der Waals surface area contributed by atoms with E-state index < -0.39 is 0 Å². The van der Waals surface area contributed by atoms with Gasteiger partial charge in [0.25, 0.3) is 0 Å². The van der Waals surface area contributed by atoms with E-state index in [1.807, 2.05) is 29.7 Å². The molecule has 0 spiro atoms. The summed E-state index contributed by atoms with van der Waals surface area (Å²) in [4.78, 5) is 4.40. The van der Waals surface area contributed by atoms with Crippen molar-refractivity contribution in [2.24, 2.45) is 0 Å². The van der Waals surface area contributed by atoms with E-state index in [2.05, 4.69) is 4.98 Å². The normalized spacial score (nSPS) is 11.1. The molecule has 0 aliphatic heterocycles. The first-order valence-electron chi connectivity index (χ1n) is 4.34. The average molecular weight is 211 g/mol. The van der Waals surface area contributed by atoms with Crippen molar-refractivity contribution in [3.8, 4) is 0 Å². The molecule has 0 N–H and O–H groups in total. The molecule has 2 rings (SSSR count). The predicted octanol–water partition coefficient (Wildman–Crippen LogP) is 2.44. The Hall–Kier alpha value is -1.06. The molecule has 0 saturated heterocycles. The molecule has 0 aliphatic carbocycles. The lowest BCUT2D eigenvalue weighted by Crippen LogP contribution is -1.95. The molecule has 0 amide bonds. The fourth-order valence-corrected chi connectivity index (χ4v) is 1.66. The standard InChI is InChI=1S/C10H11ClN2O/c1-7-9(6-14-2)13-5-8(11)3-4-10(13)12-7/h3-5H,6H2,1-2H3. The lowest BCUT2D eigenvalue weighted by atomic mass is 10.3. The first-order chi connectivity index (χ1) is 6.72.